The lowest BCUT2D eigenvalue weighted by atomic mass is 10.0. The predicted octanol–water partition coefficient (Wildman–Crippen LogP) is 5.19. The molecule has 3 aromatic rings. The van der Waals surface area contributed by atoms with E-state index in [1.54, 1.807) is 25.1 Å². The number of hydrogen-bond acceptors (Lipinski definition) is 7. The Morgan fingerprint density at radius 3 is 2.60 bits per heavy atom. The number of amides is 2. The van der Waals surface area contributed by atoms with E-state index in [9.17, 15) is 19.7 Å². The molecule has 35 heavy (non-hydrogen) atoms. The zero-order valence-electron chi connectivity index (χ0n) is 19.0. The number of nitro groups is 1. The number of H-pyrrole nitrogens is 1. The zero-order valence-corrected chi connectivity index (χ0v) is 21.3. The summed E-state index contributed by atoms with van der Waals surface area (Å²) in [5, 5.41) is 24.4. The van der Waals surface area contributed by atoms with Gasteiger partial charge < -0.3 is 10.6 Å². The number of carbonyl (C=O) groups is 2. The SMILES string of the molecule is Cc1ccc([N+](=O)[O-])cc1NC(=O)CSc1n[nH]c([C@@H](NC(=O)c2ccc(Cl)cc2Cl)C(C)C)n1. The molecule has 2 aromatic carbocycles. The molecule has 2 amide bonds. The van der Waals surface area contributed by atoms with Crippen molar-refractivity contribution in [3.05, 3.63) is 73.5 Å². The van der Waals surface area contributed by atoms with E-state index in [0.29, 0.717) is 27.3 Å². The van der Waals surface area contributed by atoms with Gasteiger partial charge in [0.15, 0.2) is 0 Å². The summed E-state index contributed by atoms with van der Waals surface area (Å²) in [5.41, 5.74) is 1.23. The average Bonchev–Trinajstić information content (AvgIpc) is 3.25. The van der Waals surface area contributed by atoms with Gasteiger partial charge in [-0.15, -0.1) is 5.10 Å². The number of aromatic nitrogens is 3. The third-order valence-corrected chi connectivity index (χ3v) is 6.34. The second-order valence-corrected chi connectivity index (χ2v) is 9.70. The molecule has 0 fully saturated rings. The minimum atomic E-state index is -0.524. The Kier molecular flexibility index (Phi) is 8.71. The van der Waals surface area contributed by atoms with Gasteiger partial charge in [-0.2, -0.15) is 0 Å². The minimum absolute atomic E-state index is 0.0154. The number of thioether (sulfide) groups is 1. The molecule has 10 nitrogen and oxygen atoms in total. The van der Waals surface area contributed by atoms with E-state index in [-0.39, 0.29) is 39.8 Å². The summed E-state index contributed by atoms with van der Waals surface area (Å²) in [6.07, 6.45) is 0. The number of rotatable bonds is 9. The summed E-state index contributed by atoms with van der Waals surface area (Å²) in [6.45, 7) is 5.57. The van der Waals surface area contributed by atoms with Crippen molar-refractivity contribution in [3.8, 4) is 0 Å². The van der Waals surface area contributed by atoms with Gasteiger partial charge in [0.25, 0.3) is 11.6 Å². The highest BCUT2D eigenvalue weighted by Gasteiger charge is 2.24. The normalized spacial score (nSPS) is 11.8. The van der Waals surface area contributed by atoms with Crippen molar-refractivity contribution in [2.24, 2.45) is 5.92 Å². The Balaban J connectivity index is 1.64. The molecule has 1 aromatic heterocycles. The summed E-state index contributed by atoms with van der Waals surface area (Å²) in [6, 6.07) is 8.38. The molecule has 0 aliphatic rings. The number of carbonyl (C=O) groups excluding carboxylic acids is 2. The molecular weight excluding hydrogens is 515 g/mol. The van der Waals surface area contributed by atoms with E-state index >= 15 is 0 Å². The van der Waals surface area contributed by atoms with Crippen molar-refractivity contribution in [2.75, 3.05) is 11.1 Å². The second-order valence-electron chi connectivity index (χ2n) is 7.92. The van der Waals surface area contributed by atoms with Crippen LogP contribution in [0.1, 0.15) is 41.6 Å². The van der Waals surface area contributed by atoms with Gasteiger partial charge in [-0.25, -0.2) is 4.98 Å². The highest BCUT2D eigenvalue weighted by atomic mass is 35.5. The summed E-state index contributed by atoms with van der Waals surface area (Å²) < 4.78 is 0. The number of nitro benzene ring substituents is 1. The van der Waals surface area contributed by atoms with Gasteiger partial charge in [-0.05, 0) is 36.6 Å². The maximum Gasteiger partial charge on any atom is 0.271 e. The van der Waals surface area contributed by atoms with Crippen LogP contribution in [0.25, 0.3) is 0 Å². The number of nitrogens with one attached hydrogen (secondary N) is 3. The fourth-order valence-corrected chi connectivity index (χ4v) is 4.18. The number of benzene rings is 2. The molecule has 13 heteroatoms. The number of anilines is 1. The molecule has 0 radical (unpaired) electrons. The third kappa shape index (κ3) is 6.93. The van der Waals surface area contributed by atoms with Gasteiger partial charge in [-0.3, -0.25) is 24.8 Å². The highest BCUT2D eigenvalue weighted by Crippen LogP contribution is 2.26. The third-order valence-electron chi connectivity index (χ3n) is 4.94. The molecule has 0 saturated carbocycles. The van der Waals surface area contributed by atoms with Crippen LogP contribution in [0, 0.1) is 23.0 Å². The zero-order chi connectivity index (χ0) is 25.7. The number of nitrogens with zero attached hydrogens (tertiary/aromatic N) is 3. The van der Waals surface area contributed by atoms with E-state index in [0.717, 1.165) is 11.8 Å². The topological polar surface area (TPSA) is 143 Å². The Morgan fingerprint density at radius 2 is 1.94 bits per heavy atom. The summed E-state index contributed by atoms with van der Waals surface area (Å²) in [4.78, 5) is 40.0. The standard InChI is InChI=1S/C22H22Cl2N6O4S/c1-11(2)19(26-21(32)15-7-5-13(23)8-16(15)24)20-27-22(29-28-20)35-10-18(31)25-17-9-14(30(33)34)6-4-12(17)3/h4-9,11,19H,10H2,1-3H3,(H,25,31)(H,26,32)(H,27,28,29)/t19-/m0/s1. The van der Waals surface area contributed by atoms with Gasteiger partial charge in [0.1, 0.15) is 5.82 Å². The van der Waals surface area contributed by atoms with Crippen LogP contribution in [0.15, 0.2) is 41.6 Å². The number of halogens is 2. The lowest BCUT2D eigenvalue weighted by Crippen LogP contribution is -2.32. The Bertz CT molecular complexity index is 1270. The van der Waals surface area contributed by atoms with E-state index in [2.05, 4.69) is 25.8 Å². The molecule has 0 bridgehead atoms. The van der Waals surface area contributed by atoms with Crippen LogP contribution < -0.4 is 10.6 Å². The van der Waals surface area contributed by atoms with Crippen LogP contribution in [0.2, 0.25) is 10.0 Å². The van der Waals surface area contributed by atoms with Crippen LogP contribution in [0.4, 0.5) is 11.4 Å². The van der Waals surface area contributed by atoms with Crippen molar-refractivity contribution in [1.29, 1.82) is 0 Å². The van der Waals surface area contributed by atoms with Gasteiger partial charge in [-0.1, -0.05) is 54.9 Å². The molecule has 0 aliphatic carbocycles. The Hall–Kier alpha value is -3.15. The number of aromatic amines is 1. The lowest BCUT2D eigenvalue weighted by molar-refractivity contribution is -0.384. The largest absolute Gasteiger partial charge is 0.342 e. The molecule has 0 aliphatic heterocycles. The van der Waals surface area contributed by atoms with Crippen LogP contribution >= 0.6 is 35.0 Å². The number of hydrogen-bond donors (Lipinski definition) is 3. The monoisotopic (exact) mass is 536 g/mol. The molecule has 3 rings (SSSR count). The van der Waals surface area contributed by atoms with E-state index in [1.165, 1.54) is 18.2 Å². The average molecular weight is 537 g/mol. The van der Waals surface area contributed by atoms with Gasteiger partial charge in [0.05, 0.1) is 33.0 Å². The first-order valence-electron chi connectivity index (χ1n) is 10.4. The Labute approximate surface area is 215 Å². The van der Waals surface area contributed by atoms with Crippen molar-refractivity contribution in [3.63, 3.8) is 0 Å². The highest BCUT2D eigenvalue weighted by molar-refractivity contribution is 7.99. The van der Waals surface area contributed by atoms with Gasteiger partial charge in [0, 0.05) is 17.2 Å². The van der Waals surface area contributed by atoms with Crippen LogP contribution in [0.3, 0.4) is 0 Å². The number of non-ortho nitro benzene ring substituents is 1. The van der Waals surface area contributed by atoms with Crippen LogP contribution in [-0.4, -0.2) is 37.7 Å². The molecule has 1 atom stereocenters. The fourth-order valence-electron chi connectivity index (χ4n) is 3.08. The molecule has 3 N–H and O–H groups in total. The van der Waals surface area contributed by atoms with Crippen molar-refractivity contribution in [2.45, 2.75) is 32.0 Å². The molecule has 0 unspecified atom stereocenters. The Morgan fingerprint density at radius 1 is 1.20 bits per heavy atom. The maximum absolute atomic E-state index is 12.8. The number of aryl methyl sites for hydroxylation is 1. The first-order chi connectivity index (χ1) is 16.5. The fraction of sp³-hybridized carbons (Fsp3) is 0.273. The summed E-state index contributed by atoms with van der Waals surface area (Å²) in [5.74, 6) is -0.371. The maximum atomic E-state index is 12.8. The summed E-state index contributed by atoms with van der Waals surface area (Å²) in [7, 11) is 0. The predicted molar refractivity (Wildman–Crippen MR) is 135 cm³/mol. The molecular formula is C22H22Cl2N6O4S. The quantitative estimate of drug-likeness (QED) is 0.194. The molecule has 184 valence electrons. The molecule has 1 heterocycles. The van der Waals surface area contributed by atoms with Crippen molar-refractivity contribution in [1.82, 2.24) is 20.5 Å². The lowest BCUT2D eigenvalue weighted by Gasteiger charge is -2.20. The van der Waals surface area contributed by atoms with Gasteiger partial charge in [0.2, 0.25) is 11.1 Å². The first kappa shape index (κ1) is 26.5. The smallest absolute Gasteiger partial charge is 0.271 e. The van der Waals surface area contributed by atoms with Gasteiger partial charge >= 0.3 is 0 Å². The van der Waals surface area contributed by atoms with E-state index in [1.807, 2.05) is 13.8 Å². The first-order valence-corrected chi connectivity index (χ1v) is 12.1. The van der Waals surface area contributed by atoms with Crippen LogP contribution in [-0.2, 0) is 4.79 Å². The minimum Gasteiger partial charge on any atom is -0.342 e. The van der Waals surface area contributed by atoms with Crippen LogP contribution in [0.5, 0.6) is 0 Å². The molecule has 0 saturated heterocycles. The second kappa shape index (κ2) is 11.5. The van der Waals surface area contributed by atoms with Crippen molar-refractivity contribution < 1.29 is 14.5 Å². The summed E-state index contributed by atoms with van der Waals surface area (Å²) >= 11 is 13.1. The molecule has 0 spiro atoms. The van der Waals surface area contributed by atoms with E-state index in [4.69, 9.17) is 23.2 Å². The van der Waals surface area contributed by atoms with E-state index < -0.39 is 11.0 Å². The van der Waals surface area contributed by atoms with Crippen molar-refractivity contribution >= 4 is 58.2 Å².